The van der Waals surface area contributed by atoms with Crippen molar-refractivity contribution in [3.63, 3.8) is 0 Å². The number of hydrogen-bond donors (Lipinski definition) is 2. The molecule has 1 saturated heterocycles. The van der Waals surface area contributed by atoms with Crippen molar-refractivity contribution in [3.05, 3.63) is 44.3 Å². The molecular weight excluding hydrogens is 410 g/mol. The van der Waals surface area contributed by atoms with Crippen LogP contribution in [-0.4, -0.2) is 36.6 Å². The number of para-hydroxylation sites is 1. The highest BCUT2D eigenvalue weighted by Gasteiger charge is 2.24. The van der Waals surface area contributed by atoms with Crippen molar-refractivity contribution in [1.29, 1.82) is 0 Å². The van der Waals surface area contributed by atoms with E-state index in [1.165, 1.54) is 10.6 Å². The highest BCUT2D eigenvalue weighted by atomic mass is 79.9. The Labute approximate surface area is 168 Å². The summed E-state index contributed by atoms with van der Waals surface area (Å²) in [6, 6.07) is 8.80. The Balaban J connectivity index is 1.62. The number of aliphatic imine (C=N–C) groups is 1. The number of rotatable bonds is 5. The maximum atomic E-state index is 4.77. The monoisotopic (exact) mass is 435 g/mol. The summed E-state index contributed by atoms with van der Waals surface area (Å²) < 4.78 is 1.15. The van der Waals surface area contributed by atoms with E-state index in [1.54, 1.807) is 11.3 Å². The summed E-state index contributed by atoms with van der Waals surface area (Å²) in [4.78, 5) is 12.9. The molecule has 1 aliphatic heterocycles. The Morgan fingerprint density at radius 2 is 2.19 bits per heavy atom. The zero-order valence-electron chi connectivity index (χ0n) is 15.6. The number of thiazole rings is 1. The molecule has 0 spiro atoms. The molecule has 0 radical (unpaired) electrons. The second-order valence-corrected chi connectivity index (χ2v) is 8.61. The maximum absolute atomic E-state index is 4.77. The summed E-state index contributed by atoms with van der Waals surface area (Å²) >= 11 is 5.39. The van der Waals surface area contributed by atoms with Crippen LogP contribution in [0.25, 0.3) is 0 Å². The van der Waals surface area contributed by atoms with Crippen LogP contribution in [0.15, 0.2) is 33.7 Å². The molecule has 1 fully saturated rings. The summed E-state index contributed by atoms with van der Waals surface area (Å²) in [5, 5.41) is 8.07. The van der Waals surface area contributed by atoms with E-state index in [9.17, 15) is 0 Å². The molecule has 3 rings (SSSR count). The van der Waals surface area contributed by atoms with Gasteiger partial charge in [-0.1, -0.05) is 12.1 Å². The van der Waals surface area contributed by atoms with E-state index in [-0.39, 0.29) is 0 Å². The molecule has 140 valence electrons. The molecule has 1 aromatic carbocycles. The average Bonchev–Trinajstić information content (AvgIpc) is 3.19. The summed E-state index contributed by atoms with van der Waals surface area (Å²) in [6.45, 7) is 9.75. The molecule has 2 N–H and O–H groups in total. The fourth-order valence-corrected chi connectivity index (χ4v) is 4.59. The van der Waals surface area contributed by atoms with E-state index in [2.05, 4.69) is 74.6 Å². The van der Waals surface area contributed by atoms with E-state index in [0.717, 1.165) is 47.2 Å². The fourth-order valence-electron chi connectivity index (χ4n) is 3.19. The van der Waals surface area contributed by atoms with Crippen molar-refractivity contribution < 1.29 is 0 Å². The zero-order valence-corrected chi connectivity index (χ0v) is 18.0. The lowest BCUT2D eigenvalue weighted by Gasteiger charge is -2.21. The van der Waals surface area contributed by atoms with Crippen molar-refractivity contribution in [2.45, 2.75) is 39.8 Å². The second kappa shape index (κ2) is 8.86. The van der Waals surface area contributed by atoms with Gasteiger partial charge in [-0.05, 0) is 55.3 Å². The number of nitrogens with zero attached hydrogens (tertiary/aromatic N) is 3. The van der Waals surface area contributed by atoms with E-state index in [4.69, 9.17) is 4.99 Å². The Morgan fingerprint density at radius 1 is 1.38 bits per heavy atom. The van der Waals surface area contributed by atoms with Gasteiger partial charge in [-0.15, -0.1) is 11.3 Å². The first-order valence-electron chi connectivity index (χ1n) is 9.04. The summed E-state index contributed by atoms with van der Waals surface area (Å²) in [6.07, 6.45) is 1.10. The number of aryl methyl sites for hydroxylation is 2. The highest BCUT2D eigenvalue weighted by Crippen LogP contribution is 2.28. The van der Waals surface area contributed by atoms with Gasteiger partial charge < -0.3 is 15.5 Å². The molecule has 1 atom stereocenters. The third kappa shape index (κ3) is 4.76. The topological polar surface area (TPSA) is 52.6 Å². The lowest BCUT2D eigenvalue weighted by molar-refractivity contribution is 0.649. The minimum absolute atomic E-state index is 0.393. The second-order valence-electron chi connectivity index (χ2n) is 6.46. The Hall–Kier alpha value is -1.60. The van der Waals surface area contributed by atoms with Crippen molar-refractivity contribution >= 4 is 38.9 Å². The van der Waals surface area contributed by atoms with Crippen molar-refractivity contribution in [3.8, 4) is 0 Å². The Kier molecular flexibility index (Phi) is 6.53. The number of halogens is 1. The number of aromatic nitrogens is 1. The third-order valence-electron chi connectivity index (χ3n) is 4.45. The van der Waals surface area contributed by atoms with Gasteiger partial charge in [0.05, 0.1) is 22.9 Å². The number of benzene rings is 1. The fraction of sp³-hybridized carbons (Fsp3) is 0.474. The van der Waals surface area contributed by atoms with Crippen LogP contribution in [0.3, 0.4) is 0 Å². The van der Waals surface area contributed by atoms with Crippen molar-refractivity contribution in [2.24, 2.45) is 4.99 Å². The van der Waals surface area contributed by atoms with Crippen LogP contribution in [0.4, 0.5) is 5.69 Å². The van der Waals surface area contributed by atoms with Gasteiger partial charge in [0.2, 0.25) is 0 Å². The molecule has 1 unspecified atom stereocenters. The van der Waals surface area contributed by atoms with E-state index in [0.29, 0.717) is 12.6 Å². The molecule has 5 nitrogen and oxygen atoms in total. The Morgan fingerprint density at radius 3 is 2.88 bits per heavy atom. The largest absolute Gasteiger partial charge is 0.368 e. The summed E-state index contributed by atoms with van der Waals surface area (Å²) in [5.41, 5.74) is 2.35. The smallest absolute Gasteiger partial charge is 0.191 e. The molecule has 2 heterocycles. The van der Waals surface area contributed by atoms with Crippen LogP contribution in [0.2, 0.25) is 0 Å². The quantitative estimate of drug-likeness (QED) is 0.552. The number of anilines is 1. The molecule has 7 heteroatoms. The van der Waals surface area contributed by atoms with E-state index < -0.39 is 0 Å². The molecular formula is C19H26BrN5S. The molecule has 0 bridgehead atoms. The summed E-state index contributed by atoms with van der Waals surface area (Å²) in [7, 11) is 0. The predicted molar refractivity (Wildman–Crippen MR) is 114 cm³/mol. The Bertz CT molecular complexity index is 773. The molecule has 1 aromatic heterocycles. The maximum Gasteiger partial charge on any atom is 0.191 e. The molecule has 26 heavy (non-hydrogen) atoms. The van der Waals surface area contributed by atoms with E-state index in [1.807, 2.05) is 6.92 Å². The third-order valence-corrected chi connectivity index (χ3v) is 6.18. The molecule has 2 aromatic rings. The normalized spacial score (nSPS) is 17.6. The first-order chi connectivity index (χ1) is 12.6. The minimum Gasteiger partial charge on any atom is -0.368 e. The standard InChI is InChI=1S/C19H26BrN5S/c1-4-21-19(22-11-18-13(2)23-14(3)26-18)24-15-9-10-25(12-15)17-8-6-5-7-16(17)20/h5-8,15H,4,9-12H2,1-3H3,(H2,21,22,24). The highest BCUT2D eigenvalue weighted by molar-refractivity contribution is 9.10. The van der Waals surface area contributed by atoms with E-state index >= 15 is 0 Å². The minimum atomic E-state index is 0.393. The predicted octanol–water partition coefficient (Wildman–Crippen LogP) is 3.86. The first kappa shape index (κ1) is 19.2. The van der Waals surface area contributed by atoms with Crippen molar-refractivity contribution in [2.75, 3.05) is 24.5 Å². The van der Waals surface area contributed by atoms with Crippen LogP contribution < -0.4 is 15.5 Å². The number of nitrogens with one attached hydrogen (secondary N) is 2. The molecule has 0 aliphatic carbocycles. The first-order valence-corrected chi connectivity index (χ1v) is 10.6. The average molecular weight is 436 g/mol. The van der Waals surface area contributed by atoms with Crippen LogP contribution in [0.5, 0.6) is 0 Å². The lowest BCUT2D eigenvalue weighted by atomic mass is 10.3. The van der Waals surface area contributed by atoms with Gasteiger partial charge in [0, 0.05) is 35.0 Å². The molecule has 1 aliphatic rings. The van der Waals surface area contributed by atoms with Crippen LogP contribution in [-0.2, 0) is 6.54 Å². The van der Waals surface area contributed by atoms with Crippen molar-refractivity contribution in [1.82, 2.24) is 15.6 Å². The molecule has 0 saturated carbocycles. The van der Waals surface area contributed by atoms with Gasteiger partial charge >= 0.3 is 0 Å². The number of guanidine groups is 1. The SMILES string of the molecule is CCNC(=NCc1sc(C)nc1C)NC1CCN(c2ccccc2Br)C1. The zero-order chi connectivity index (χ0) is 18.5. The van der Waals surface area contributed by atoms with Crippen LogP contribution in [0.1, 0.15) is 28.9 Å². The van der Waals surface area contributed by atoms with Crippen LogP contribution in [0, 0.1) is 13.8 Å². The van der Waals surface area contributed by atoms with Gasteiger partial charge in [-0.3, -0.25) is 0 Å². The summed E-state index contributed by atoms with van der Waals surface area (Å²) in [5.74, 6) is 0.886. The van der Waals surface area contributed by atoms with Gasteiger partial charge in [-0.25, -0.2) is 9.98 Å². The lowest BCUT2D eigenvalue weighted by Crippen LogP contribution is -2.44. The van der Waals surface area contributed by atoms with Gasteiger partial charge in [0.25, 0.3) is 0 Å². The molecule has 0 amide bonds. The van der Waals surface area contributed by atoms with Gasteiger partial charge in [0.1, 0.15) is 0 Å². The van der Waals surface area contributed by atoms with Gasteiger partial charge in [0.15, 0.2) is 5.96 Å². The van der Waals surface area contributed by atoms with Crippen LogP contribution >= 0.6 is 27.3 Å². The number of hydrogen-bond acceptors (Lipinski definition) is 4. The van der Waals surface area contributed by atoms with Gasteiger partial charge in [-0.2, -0.15) is 0 Å².